The van der Waals surface area contributed by atoms with Crippen LogP contribution in [0, 0.1) is 5.21 Å². The molecule has 0 saturated carbocycles. The van der Waals surface area contributed by atoms with E-state index in [1.54, 1.807) is 24.1 Å². The SMILES string of the molecule is COc1cccc(-c2nn(Cc3ccccc3)cc2C(=O)OCc2nccc[n+]2[O-])c1. The molecule has 0 radical (unpaired) electrons. The maximum atomic E-state index is 12.9. The molecule has 0 amide bonds. The number of hydrogen-bond acceptors (Lipinski definition) is 6. The van der Waals surface area contributed by atoms with Crippen LogP contribution in [0.25, 0.3) is 11.3 Å². The Morgan fingerprint density at radius 3 is 2.74 bits per heavy atom. The molecule has 0 aliphatic heterocycles. The number of hydrogen-bond donors (Lipinski definition) is 0. The maximum Gasteiger partial charge on any atom is 0.342 e. The molecule has 2 aromatic carbocycles. The van der Waals surface area contributed by atoms with Gasteiger partial charge in [-0.15, -0.1) is 0 Å². The number of benzene rings is 2. The van der Waals surface area contributed by atoms with Crippen LogP contribution >= 0.6 is 0 Å². The first-order valence-electron chi connectivity index (χ1n) is 9.60. The minimum atomic E-state index is -0.595. The number of rotatable bonds is 7. The Morgan fingerprint density at radius 2 is 1.97 bits per heavy atom. The molecule has 0 fully saturated rings. The lowest BCUT2D eigenvalue weighted by Crippen LogP contribution is -2.33. The molecule has 8 nitrogen and oxygen atoms in total. The molecule has 2 aromatic heterocycles. The summed E-state index contributed by atoms with van der Waals surface area (Å²) >= 11 is 0. The number of methoxy groups -OCH3 is 1. The van der Waals surface area contributed by atoms with Crippen molar-refractivity contribution in [2.45, 2.75) is 13.2 Å². The largest absolute Gasteiger partial charge is 0.711 e. The highest BCUT2D eigenvalue weighted by Gasteiger charge is 2.21. The van der Waals surface area contributed by atoms with Crippen LogP contribution in [0.2, 0.25) is 0 Å². The van der Waals surface area contributed by atoms with E-state index >= 15 is 0 Å². The number of carbonyl (C=O) groups excluding carboxylic acids is 1. The van der Waals surface area contributed by atoms with Gasteiger partial charge in [-0.25, -0.2) is 9.52 Å². The van der Waals surface area contributed by atoms with Gasteiger partial charge in [-0.2, -0.15) is 5.10 Å². The van der Waals surface area contributed by atoms with Crippen molar-refractivity contribution in [1.82, 2.24) is 14.8 Å². The lowest BCUT2D eigenvalue weighted by molar-refractivity contribution is -0.620. The zero-order valence-corrected chi connectivity index (χ0v) is 16.8. The van der Waals surface area contributed by atoms with Crippen molar-refractivity contribution >= 4 is 5.97 Å². The monoisotopic (exact) mass is 416 g/mol. The van der Waals surface area contributed by atoms with Crippen molar-refractivity contribution in [3.05, 3.63) is 101 Å². The van der Waals surface area contributed by atoms with Gasteiger partial charge in [0.2, 0.25) is 0 Å². The van der Waals surface area contributed by atoms with Crippen LogP contribution in [-0.2, 0) is 17.9 Å². The molecule has 31 heavy (non-hydrogen) atoms. The van der Waals surface area contributed by atoms with E-state index in [1.807, 2.05) is 48.5 Å². The van der Waals surface area contributed by atoms with Gasteiger partial charge < -0.3 is 14.7 Å². The molecule has 4 aromatic rings. The van der Waals surface area contributed by atoms with Crippen LogP contribution in [0.1, 0.15) is 21.7 Å². The van der Waals surface area contributed by atoms with E-state index in [0.717, 1.165) is 11.1 Å². The van der Waals surface area contributed by atoms with Gasteiger partial charge in [-0.1, -0.05) is 42.5 Å². The van der Waals surface area contributed by atoms with Gasteiger partial charge in [-0.05, 0) is 22.7 Å². The summed E-state index contributed by atoms with van der Waals surface area (Å²) in [7, 11) is 1.58. The zero-order chi connectivity index (χ0) is 21.6. The predicted molar refractivity (Wildman–Crippen MR) is 112 cm³/mol. The fourth-order valence-electron chi connectivity index (χ4n) is 3.10. The van der Waals surface area contributed by atoms with E-state index in [9.17, 15) is 10.0 Å². The van der Waals surface area contributed by atoms with Gasteiger partial charge in [0.05, 0.1) is 19.9 Å². The molecule has 156 valence electrons. The van der Waals surface area contributed by atoms with Gasteiger partial charge in [0.15, 0.2) is 6.61 Å². The average molecular weight is 416 g/mol. The Labute approximate surface area is 178 Å². The zero-order valence-electron chi connectivity index (χ0n) is 16.8. The molecule has 0 atom stereocenters. The first-order valence-corrected chi connectivity index (χ1v) is 9.60. The second kappa shape index (κ2) is 9.08. The van der Waals surface area contributed by atoms with E-state index < -0.39 is 5.97 Å². The van der Waals surface area contributed by atoms with E-state index in [4.69, 9.17) is 9.47 Å². The average Bonchev–Trinajstić information content (AvgIpc) is 3.23. The highest BCUT2D eigenvalue weighted by molar-refractivity contribution is 5.96. The number of ether oxygens (including phenoxy) is 2. The van der Waals surface area contributed by atoms with Gasteiger partial charge in [0.1, 0.15) is 23.2 Å². The van der Waals surface area contributed by atoms with E-state index in [1.165, 1.54) is 18.5 Å². The maximum absolute atomic E-state index is 12.9. The summed E-state index contributed by atoms with van der Waals surface area (Å²) < 4.78 is 12.9. The van der Waals surface area contributed by atoms with E-state index in [0.29, 0.717) is 22.7 Å². The number of nitrogens with zero attached hydrogens (tertiary/aromatic N) is 4. The van der Waals surface area contributed by atoms with Crippen molar-refractivity contribution in [1.29, 1.82) is 0 Å². The van der Waals surface area contributed by atoms with Crippen LogP contribution in [0.5, 0.6) is 5.75 Å². The van der Waals surface area contributed by atoms with Crippen molar-refractivity contribution in [3.8, 4) is 17.0 Å². The molecular weight excluding hydrogens is 396 g/mol. The second-order valence-corrected chi connectivity index (χ2v) is 6.74. The highest BCUT2D eigenvalue weighted by Crippen LogP contribution is 2.27. The van der Waals surface area contributed by atoms with Gasteiger partial charge in [-0.3, -0.25) is 4.68 Å². The van der Waals surface area contributed by atoms with Gasteiger partial charge >= 0.3 is 11.8 Å². The number of carbonyl (C=O) groups is 1. The van der Waals surface area contributed by atoms with Gasteiger partial charge in [0.25, 0.3) is 0 Å². The molecule has 0 aliphatic carbocycles. The lowest BCUT2D eigenvalue weighted by atomic mass is 10.1. The standard InChI is InChI=1S/C23H20N4O4/c1-30-19-10-5-9-18(13-19)22-20(15-26(25-22)14-17-7-3-2-4-8-17)23(28)31-16-21-24-11-6-12-27(21)29/h2-13,15H,14,16H2,1H3. The van der Waals surface area contributed by atoms with E-state index in [2.05, 4.69) is 10.1 Å². The van der Waals surface area contributed by atoms with Crippen LogP contribution in [0.3, 0.4) is 0 Å². The summed E-state index contributed by atoms with van der Waals surface area (Å²) in [4.78, 5) is 16.8. The summed E-state index contributed by atoms with van der Waals surface area (Å²) in [5, 5.41) is 16.4. The Morgan fingerprint density at radius 1 is 1.13 bits per heavy atom. The topological polar surface area (TPSA) is 93.2 Å². The minimum absolute atomic E-state index is 0.0930. The predicted octanol–water partition coefficient (Wildman–Crippen LogP) is 2.99. The lowest BCUT2D eigenvalue weighted by Gasteiger charge is -2.07. The van der Waals surface area contributed by atoms with Crippen LogP contribution in [-0.4, -0.2) is 27.8 Å². The third-order valence-electron chi connectivity index (χ3n) is 4.63. The summed E-state index contributed by atoms with van der Waals surface area (Å²) in [5.74, 6) is 0.147. The van der Waals surface area contributed by atoms with Crippen molar-refractivity contribution in [3.63, 3.8) is 0 Å². The highest BCUT2D eigenvalue weighted by atomic mass is 16.5. The molecule has 0 saturated heterocycles. The first-order chi connectivity index (χ1) is 15.1. The van der Waals surface area contributed by atoms with Crippen LogP contribution in [0.15, 0.2) is 79.3 Å². The Balaban J connectivity index is 1.65. The number of esters is 1. The molecule has 0 spiro atoms. The van der Waals surface area contributed by atoms with E-state index in [-0.39, 0.29) is 18.0 Å². The smallest absolute Gasteiger partial charge is 0.342 e. The molecule has 0 N–H and O–H groups in total. The van der Waals surface area contributed by atoms with Crippen molar-refractivity contribution < 1.29 is 19.0 Å². The molecule has 2 heterocycles. The fraction of sp³-hybridized carbons (Fsp3) is 0.130. The van der Waals surface area contributed by atoms with Gasteiger partial charge in [0, 0.05) is 17.8 Å². The molecule has 0 bridgehead atoms. The molecular formula is C23H20N4O4. The summed E-state index contributed by atoms with van der Waals surface area (Å²) in [5.41, 5.74) is 2.52. The third kappa shape index (κ3) is 4.69. The normalized spacial score (nSPS) is 10.6. The summed E-state index contributed by atoms with van der Waals surface area (Å²) in [6.07, 6.45) is 4.42. The Bertz CT molecular complexity index is 1190. The van der Waals surface area contributed by atoms with Crippen molar-refractivity contribution in [2.24, 2.45) is 0 Å². The van der Waals surface area contributed by atoms with Crippen LogP contribution in [0.4, 0.5) is 0 Å². The second-order valence-electron chi connectivity index (χ2n) is 6.74. The minimum Gasteiger partial charge on any atom is -0.711 e. The Kier molecular flexibility index (Phi) is 5.89. The first kappa shape index (κ1) is 20.1. The fourth-order valence-corrected chi connectivity index (χ4v) is 3.10. The quantitative estimate of drug-likeness (QED) is 0.261. The summed E-state index contributed by atoms with van der Waals surface area (Å²) in [6.45, 7) is 0.247. The number of aromatic nitrogens is 4. The molecule has 4 rings (SSSR count). The molecule has 0 unspecified atom stereocenters. The third-order valence-corrected chi connectivity index (χ3v) is 4.63. The Hall–Kier alpha value is -4.20. The summed E-state index contributed by atoms with van der Waals surface area (Å²) in [6, 6.07) is 18.6. The van der Waals surface area contributed by atoms with Crippen molar-refractivity contribution in [2.75, 3.05) is 7.11 Å². The van der Waals surface area contributed by atoms with Crippen LogP contribution < -0.4 is 9.47 Å². The molecule has 0 aliphatic rings. The molecule has 8 heteroatoms.